The Morgan fingerprint density at radius 3 is 2.70 bits per heavy atom. The van der Waals surface area contributed by atoms with Crippen LogP contribution in [0.2, 0.25) is 5.02 Å². The minimum Gasteiger partial charge on any atom is -0.481 e. The van der Waals surface area contributed by atoms with E-state index in [0.29, 0.717) is 23.7 Å². The summed E-state index contributed by atoms with van der Waals surface area (Å²) < 4.78 is 5.65. The number of benzene rings is 1. The van der Waals surface area contributed by atoms with E-state index in [0.717, 1.165) is 31.5 Å². The minimum atomic E-state index is -0.628. The van der Waals surface area contributed by atoms with Crippen molar-refractivity contribution in [1.29, 1.82) is 0 Å². The smallest absolute Gasteiger partial charge is 0.260 e. The van der Waals surface area contributed by atoms with Crippen molar-refractivity contribution in [2.75, 3.05) is 19.6 Å². The van der Waals surface area contributed by atoms with Gasteiger partial charge in [-0.1, -0.05) is 11.6 Å². The Morgan fingerprint density at radius 1 is 1.35 bits per heavy atom. The van der Waals surface area contributed by atoms with Crippen LogP contribution in [0.15, 0.2) is 18.2 Å². The standard InChI is InChI=1S/C17H23ClN2O3/c1-12-11-14(18)5-6-15(12)23-13(2)17(22)19-8-7-16(21)20-9-3-4-10-20/h5-6,11,13H,3-4,7-10H2,1-2H3,(H,19,22). The van der Waals surface area contributed by atoms with E-state index in [4.69, 9.17) is 16.3 Å². The van der Waals surface area contributed by atoms with Crippen molar-refractivity contribution in [3.05, 3.63) is 28.8 Å². The molecule has 5 nitrogen and oxygen atoms in total. The van der Waals surface area contributed by atoms with Crippen LogP contribution < -0.4 is 10.1 Å². The highest BCUT2D eigenvalue weighted by Crippen LogP contribution is 2.22. The number of ether oxygens (including phenoxy) is 1. The van der Waals surface area contributed by atoms with Crippen LogP contribution in [0.1, 0.15) is 31.7 Å². The van der Waals surface area contributed by atoms with Crippen LogP contribution in [-0.2, 0) is 9.59 Å². The monoisotopic (exact) mass is 338 g/mol. The van der Waals surface area contributed by atoms with Crippen molar-refractivity contribution in [2.24, 2.45) is 0 Å². The van der Waals surface area contributed by atoms with E-state index in [2.05, 4.69) is 5.32 Å². The molecule has 1 aliphatic heterocycles. The maximum Gasteiger partial charge on any atom is 0.260 e. The van der Waals surface area contributed by atoms with E-state index in [1.165, 1.54) is 0 Å². The highest BCUT2D eigenvalue weighted by Gasteiger charge is 2.19. The molecule has 1 atom stereocenters. The zero-order valence-corrected chi connectivity index (χ0v) is 14.4. The van der Waals surface area contributed by atoms with E-state index >= 15 is 0 Å². The molecular weight excluding hydrogens is 316 g/mol. The van der Waals surface area contributed by atoms with Gasteiger partial charge >= 0.3 is 0 Å². The maximum absolute atomic E-state index is 12.0. The van der Waals surface area contributed by atoms with Gasteiger partial charge < -0.3 is 15.0 Å². The number of nitrogens with one attached hydrogen (secondary N) is 1. The van der Waals surface area contributed by atoms with Crippen molar-refractivity contribution in [2.45, 2.75) is 39.2 Å². The third-order valence-corrected chi connectivity index (χ3v) is 4.14. The molecule has 1 N–H and O–H groups in total. The van der Waals surface area contributed by atoms with Gasteiger partial charge in [0.25, 0.3) is 5.91 Å². The molecule has 0 aromatic heterocycles. The van der Waals surface area contributed by atoms with Gasteiger partial charge in [0.2, 0.25) is 5.91 Å². The summed E-state index contributed by atoms with van der Waals surface area (Å²) in [6, 6.07) is 5.26. The van der Waals surface area contributed by atoms with Gasteiger partial charge in [0, 0.05) is 31.1 Å². The zero-order valence-electron chi connectivity index (χ0n) is 13.6. The first kappa shape index (κ1) is 17.6. The lowest BCUT2D eigenvalue weighted by Gasteiger charge is -2.18. The molecule has 0 saturated carbocycles. The van der Waals surface area contributed by atoms with Crippen molar-refractivity contribution in [3.8, 4) is 5.75 Å². The summed E-state index contributed by atoms with van der Waals surface area (Å²) in [5.74, 6) is 0.503. The van der Waals surface area contributed by atoms with Crippen LogP contribution in [-0.4, -0.2) is 42.5 Å². The van der Waals surface area contributed by atoms with E-state index in [1.54, 1.807) is 25.1 Å². The molecule has 23 heavy (non-hydrogen) atoms. The molecule has 1 aliphatic rings. The molecule has 1 fully saturated rings. The number of likely N-dealkylation sites (tertiary alicyclic amines) is 1. The summed E-state index contributed by atoms with van der Waals surface area (Å²) in [5.41, 5.74) is 0.876. The number of amides is 2. The molecule has 0 spiro atoms. The second-order valence-corrected chi connectivity index (χ2v) is 6.24. The van der Waals surface area contributed by atoms with E-state index in [1.807, 2.05) is 11.8 Å². The third-order valence-electron chi connectivity index (χ3n) is 3.91. The lowest BCUT2D eigenvalue weighted by molar-refractivity contribution is -0.130. The molecule has 1 heterocycles. The average Bonchev–Trinajstić information content (AvgIpc) is 3.04. The topological polar surface area (TPSA) is 58.6 Å². The average molecular weight is 339 g/mol. The van der Waals surface area contributed by atoms with Gasteiger partial charge in [-0.05, 0) is 50.5 Å². The van der Waals surface area contributed by atoms with E-state index in [-0.39, 0.29) is 11.8 Å². The van der Waals surface area contributed by atoms with E-state index < -0.39 is 6.10 Å². The number of aryl methyl sites for hydroxylation is 1. The second-order valence-electron chi connectivity index (χ2n) is 5.80. The number of rotatable bonds is 6. The fraction of sp³-hybridized carbons (Fsp3) is 0.529. The molecule has 1 saturated heterocycles. The van der Waals surface area contributed by atoms with Crippen LogP contribution in [0, 0.1) is 6.92 Å². The normalized spacial score (nSPS) is 15.3. The van der Waals surface area contributed by atoms with Gasteiger partial charge in [0.05, 0.1) is 0 Å². The lowest BCUT2D eigenvalue weighted by Crippen LogP contribution is -2.39. The largest absolute Gasteiger partial charge is 0.481 e. The molecule has 1 unspecified atom stereocenters. The third kappa shape index (κ3) is 5.13. The molecule has 0 bridgehead atoms. The van der Waals surface area contributed by atoms with Gasteiger partial charge in [-0.3, -0.25) is 9.59 Å². The predicted molar refractivity (Wildman–Crippen MR) is 89.7 cm³/mol. The van der Waals surface area contributed by atoms with E-state index in [9.17, 15) is 9.59 Å². The van der Waals surface area contributed by atoms with Crippen LogP contribution >= 0.6 is 11.6 Å². The summed E-state index contributed by atoms with van der Waals surface area (Å²) >= 11 is 5.90. The summed E-state index contributed by atoms with van der Waals surface area (Å²) in [6.07, 6.45) is 1.85. The molecule has 0 aliphatic carbocycles. The number of hydrogen-bond donors (Lipinski definition) is 1. The Kier molecular flexibility index (Phi) is 6.28. The number of nitrogens with zero attached hydrogens (tertiary/aromatic N) is 1. The van der Waals surface area contributed by atoms with Crippen LogP contribution in [0.25, 0.3) is 0 Å². The SMILES string of the molecule is Cc1cc(Cl)ccc1OC(C)C(=O)NCCC(=O)N1CCCC1. The van der Waals surface area contributed by atoms with Crippen molar-refractivity contribution >= 4 is 23.4 Å². The Morgan fingerprint density at radius 2 is 2.04 bits per heavy atom. The highest BCUT2D eigenvalue weighted by molar-refractivity contribution is 6.30. The summed E-state index contributed by atoms with van der Waals surface area (Å²) in [5, 5.41) is 3.38. The molecule has 126 valence electrons. The lowest BCUT2D eigenvalue weighted by atomic mass is 10.2. The molecule has 0 radical (unpaired) electrons. The Hall–Kier alpha value is -1.75. The number of carbonyl (C=O) groups is 2. The van der Waals surface area contributed by atoms with Gasteiger partial charge in [0.15, 0.2) is 6.10 Å². The van der Waals surface area contributed by atoms with Gasteiger partial charge in [-0.15, -0.1) is 0 Å². The molecular formula is C17H23ClN2O3. The molecule has 6 heteroatoms. The molecule has 2 amide bonds. The first-order valence-electron chi connectivity index (χ1n) is 7.95. The van der Waals surface area contributed by atoms with Crippen LogP contribution in [0.4, 0.5) is 0 Å². The Bertz CT molecular complexity index is 571. The van der Waals surface area contributed by atoms with Crippen LogP contribution in [0.3, 0.4) is 0 Å². The minimum absolute atomic E-state index is 0.102. The number of halogens is 1. The summed E-state index contributed by atoms with van der Waals surface area (Å²) in [4.78, 5) is 25.8. The predicted octanol–water partition coefficient (Wildman–Crippen LogP) is 2.54. The van der Waals surface area contributed by atoms with Gasteiger partial charge in [-0.25, -0.2) is 0 Å². The Labute approximate surface area is 141 Å². The maximum atomic E-state index is 12.0. The quantitative estimate of drug-likeness (QED) is 0.867. The molecule has 1 aromatic carbocycles. The zero-order chi connectivity index (χ0) is 16.8. The van der Waals surface area contributed by atoms with Crippen molar-refractivity contribution in [1.82, 2.24) is 10.2 Å². The second kappa shape index (κ2) is 8.20. The van der Waals surface area contributed by atoms with Crippen LogP contribution in [0.5, 0.6) is 5.75 Å². The fourth-order valence-electron chi connectivity index (χ4n) is 2.55. The summed E-state index contributed by atoms with van der Waals surface area (Å²) in [7, 11) is 0. The number of hydrogen-bond acceptors (Lipinski definition) is 3. The van der Waals surface area contributed by atoms with Crippen molar-refractivity contribution in [3.63, 3.8) is 0 Å². The number of carbonyl (C=O) groups excluding carboxylic acids is 2. The first-order valence-corrected chi connectivity index (χ1v) is 8.33. The molecule has 2 rings (SSSR count). The van der Waals surface area contributed by atoms with Gasteiger partial charge in [-0.2, -0.15) is 0 Å². The Balaban J connectivity index is 1.75. The van der Waals surface area contributed by atoms with Gasteiger partial charge in [0.1, 0.15) is 5.75 Å². The van der Waals surface area contributed by atoms with Crippen molar-refractivity contribution < 1.29 is 14.3 Å². The first-order chi connectivity index (χ1) is 11.0. The summed E-state index contributed by atoms with van der Waals surface area (Å²) in [6.45, 7) is 5.57. The highest BCUT2D eigenvalue weighted by atomic mass is 35.5. The fourth-order valence-corrected chi connectivity index (χ4v) is 2.78. The molecule has 1 aromatic rings.